The average Bonchev–Trinajstić information content (AvgIpc) is 2.48. The summed E-state index contributed by atoms with van der Waals surface area (Å²) >= 11 is 0. The summed E-state index contributed by atoms with van der Waals surface area (Å²) in [5, 5.41) is 0. The predicted molar refractivity (Wildman–Crippen MR) is 50.9 cm³/mol. The maximum atomic E-state index is 5.65. The van der Waals surface area contributed by atoms with Crippen molar-refractivity contribution in [2.75, 3.05) is 13.2 Å². The van der Waals surface area contributed by atoms with E-state index in [0.717, 1.165) is 13.2 Å². The lowest BCUT2D eigenvalue weighted by molar-refractivity contribution is 0.0634. The van der Waals surface area contributed by atoms with Crippen molar-refractivity contribution in [3.05, 3.63) is 0 Å². The molecule has 2 atom stereocenters. The molecule has 2 N–H and O–H groups in total. The molecule has 0 aromatic heterocycles. The van der Waals surface area contributed by atoms with Gasteiger partial charge in [0, 0.05) is 0 Å². The monoisotopic (exact) mass is 171 g/mol. The van der Waals surface area contributed by atoms with Gasteiger partial charge in [-0.3, -0.25) is 0 Å². The Hall–Kier alpha value is -0.0800. The van der Waals surface area contributed by atoms with E-state index in [1.54, 1.807) is 0 Å². The molecule has 1 aliphatic rings. The smallest absolute Gasteiger partial charge is 0.0519 e. The molecule has 2 nitrogen and oxygen atoms in total. The van der Waals surface area contributed by atoms with E-state index < -0.39 is 0 Å². The molecule has 1 saturated carbocycles. The van der Waals surface area contributed by atoms with Gasteiger partial charge >= 0.3 is 0 Å². The Balaban J connectivity index is 2.28. The molecule has 2 heteroatoms. The topological polar surface area (TPSA) is 35.2 Å². The van der Waals surface area contributed by atoms with Gasteiger partial charge in [-0.2, -0.15) is 0 Å². The summed E-state index contributed by atoms with van der Waals surface area (Å²) in [5.41, 5.74) is 6.07. The van der Waals surface area contributed by atoms with Crippen LogP contribution in [-0.4, -0.2) is 19.3 Å². The Morgan fingerprint density at radius 3 is 2.25 bits per heavy atom. The van der Waals surface area contributed by atoms with Crippen LogP contribution in [0.2, 0.25) is 0 Å². The van der Waals surface area contributed by atoms with Crippen molar-refractivity contribution >= 4 is 0 Å². The molecule has 0 unspecified atom stereocenters. The summed E-state index contributed by atoms with van der Waals surface area (Å²) in [4.78, 5) is 0. The highest BCUT2D eigenvalue weighted by Gasteiger charge is 2.56. The summed E-state index contributed by atoms with van der Waals surface area (Å²) in [7, 11) is 0. The zero-order valence-corrected chi connectivity index (χ0v) is 8.63. The maximum absolute atomic E-state index is 5.65. The van der Waals surface area contributed by atoms with Crippen LogP contribution >= 0.6 is 0 Å². The fraction of sp³-hybridized carbons (Fsp3) is 1.00. The van der Waals surface area contributed by atoms with E-state index in [2.05, 4.69) is 27.7 Å². The van der Waals surface area contributed by atoms with Crippen LogP contribution in [0, 0.1) is 17.3 Å². The largest absolute Gasteiger partial charge is 0.378 e. The fourth-order valence-electron chi connectivity index (χ4n) is 1.95. The number of hydrogen-bond acceptors (Lipinski definition) is 2. The molecule has 0 aromatic carbocycles. The Morgan fingerprint density at radius 2 is 1.92 bits per heavy atom. The zero-order chi connectivity index (χ0) is 9.35. The van der Waals surface area contributed by atoms with Crippen LogP contribution in [0.5, 0.6) is 0 Å². The molecular weight excluding hydrogens is 150 g/mol. The first-order valence-electron chi connectivity index (χ1n) is 4.81. The van der Waals surface area contributed by atoms with Crippen molar-refractivity contribution < 1.29 is 4.74 Å². The van der Waals surface area contributed by atoms with E-state index in [0.29, 0.717) is 23.4 Å². The molecule has 0 aromatic rings. The lowest BCUT2D eigenvalue weighted by Crippen LogP contribution is -2.09. The second-order valence-electron chi connectivity index (χ2n) is 4.65. The molecule has 0 amide bonds. The van der Waals surface area contributed by atoms with Gasteiger partial charge in [-0.15, -0.1) is 0 Å². The van der Waals surface area contributed by atoms with Gasteiger partial charge in [0.25, 0.3) is 0 Å². The molecule has 72 valence electrons. The van der Waals surface area contributed by atoms with Crippen LogP contribution < -0.4 is 5.73 Å². The first-order chi connectivity index (χ1) is 5.50. The summed E-state index contributed by atoms with van der Waals surface area (Å²) < 4.78 is 5.58. The van der Waals surface area contributed by atoms with E-state index >= 15 is 0 Å². The minimum absolute atomic E-state index is 0.347. The van der Waals surface area contributed by atoms with Crippen LogP contribution in [0.4, 0.5) is 0 Å². The van der Waals surface area contributed by atoms with Crippen LogP contribution in [0.1, 0.15) is 27.7 Å². The molecule has 0 radical (unpaired) electrons. The van der Waals surface area contributed by atoms with Crippen molar-refractivity contribution in [3.8, 4) is 0 Å². The quantitative estimate of drug-likeness (QED) is 0.698. The van der Waals surface area contributed by atoms with Gasteiger partial charge in [-0.25, -0.2) is 0 Å². The van der Waals surface area contributed by atoms with Crippen molar-refractivity contribution in [1.29, 1.82) is 0 Å². The molecule has 1 aliphatic carbocycles. The third kappa shape index (κ3) is 1.80. The second kappa shape index (κ2) is 3.35. The fourth-order valence-corrected chi connectivity index (χ4v) is 1.95. The average molecular weight is 171 g/mol. The molecule has 0 heterocycles. The number of nitrogens with two attached hydrogens (primary N) is 1. The summed E-state index contributed by atoms with van der Waals surface area (Å²) in [5.74, 6) is 1.36. The second-order valence-corrected chi connectivity index (χ2v) is 4.65. The van der Waals surface area contributed by atoms with Gasteiger partial charge in [0.05, 0.1) is 12.7 Å². The summed E-state index contributed by atoms with van der Waals surface area (Å²) in [6.07, 6.45) is 0.347. The van der Waals surface area contributed by atoms with Crippen LogP contribution in [0.3, 0.4) is 0 Å². The van der Waals surface area contributed by atoms with Gasteiger partial charge < -0.3 is 10.5 Å². The third-order valence-electron chi connectivity index (χ3n) is 3.15. The molecular formula is C10H21NO. The highest BCUT2D eigenvalue weighted by Crippen LogP contribution is 2.57. The van der Waals surface area contributed by atoms with E-state index in [-0.39, 0.29) is 0 Å². The SMILES string of the molecule is CC(C)OC[C@@H]1[C@@H](CN)C1(C)C. The Kier molecular flexibility index (Phi) is 2.79. The first-order valence-corrected chi connectivity index (χ1v) is 4.81. The van der Waals surface area contributed by atoms with Crippen LogP contribution in [-0.2, 0) is 4.74 Å². The van der Waals surface area contributed by atoms with Crippen LogP contribution in [0.15, 0.2) is 0 Å². The lowest BCUT2D eigenvalue weighted by Gasteiger charge is -2.07. The minimum Gasteiger partial charge on any atom is -0.378 e. The first kappa shape index (κ1) is 10.0. The van der Waals surface area contributed by atoms with Gasteiger partial charge in [0.2, 0.25) is 0 Å². The minimum atomic E-state index is 0.347. The van der Waals surface area contributed by atoms with E-state index in [9.17, 15) is 0 Å². The zero-order valence-electron chi connectivity index (χ0n) is 8.63. The van der Waals surface area contributed by atoms with Gasteiger partial charge in [0.15, 0.2) is 0 Å². The molecule has 0 saturated heterocycles. The van der Waals surface area contributed by atoms with Crippen LogP contribution in [0.25, 0.3) is 0 Å². The van der Waals surface area contributed by atoms with Crippen molar-refractivity contribution in [1.82, 2.24) is 0 Å². The molecule has 1 fully saturated rings. The van der Waals surface area contributed by atoms with Crippen molar-refractivity contribution in [2.45, 2.75) is 33.8 Å². The normalized spacial score (nSPS) is 32.5. The number of hydrogen-bond donors (Lipinski definition) is 1. The molecule has 0 aliphatic heterocycles. The highest BCUT2D eigenvalue weighted by molar-refractivity contribution is 5.05. The Bertz CT molecular complexity index is 154. The highest BCUT2D eigenvalue weighted by atomic mass is 16.5. The van der Waals surface area contributed by atoms with E-state index in [1.165, 1.54) is 0 Å². The van der Waals surface area contributed by atoms with Crippen molar-refractivity contribution in [3.63, 3.8) is 0 Å². The lowest BCUT2D eigenvalue weighted by atomic mass is 10.1. The maximum Gasteiger partial charge on any atom is 0.0519 e. The Labute approximate surface area is 75.5 Å². The summed E-state index contributed by atoms with van der Waals surface area (Å²) in [6, 6.07) is 0. The molecule has 1 rings (SSSR count). The number of rotatable bonds is 4. The Morgan fingerprint density at radius 1 is 1.33 bits per heavy atom. The number of ether oxygens (including phenoxy) is 1. The third-order valence-corrected chi connectivity index (χ3v) is 3.15. The van der Waals surface area contributed by atoms with Gasteiger partial charge in [0.1, 0.15) is 0 Å². The van der Waals surface area contributed by atoms with Gasteiger partial charge in [-0.05, 0) is 37.6 Å². The summed E-state index contributed by atoms with van der Waals surface area (Å²) in [6.45, 7) is 10.4. The van der Waals surface area contributed by atoms with Gasteiger partial charge in [-0.1, -0.05) is 13.8 Å². The molecule has 0 spiro atoms. The van der Waals surface area contributed by atoms with E-state index in [4.69, 9.17) is 10.5 Å². The predicted octanol–water partition coefficient (Wildman–Crippen LogP) is 1.64. The van der Waals surface area contributed by atoms with E-state index in [1.807, 2.05) is 0 Å². The molecule has 0 bridgehead atoms. The standard InChI is InChI=1S/C10H21NO/c1-7(2)12-6-9-8(5-11)10(9,3)4/h7-9H,5-6,11H2,1-4H3/t8-,9-/m1/s1. The molecule has 12 heavy (non-hydrogen) atoms. The van der Waals surface area contributed by atoms with Crippen molar-refractivity contribution in [2.24, 2.45) is 23.0 Å².